The molecule has 1 heteroatoms. The Morgan fingerprint density at radius 2 is 2.00 bits per heavy atom. The smallest absolute Gasteiger partial charge is 0.00430 e. The summed E-state index contributed by atoms with van der Waals surface area (Å²) in [5.41, 5.74) is 2.98. The van der Waals surface area contributed by atoms with E-state index >= 15 is 0 Å². The van der Waals surface area contributed by atoms with Gasteiger partial charge in [-0.25, -0.2) is 0 Å². The molecule has 0 aliphatic carbocycles. The van der Waals surface area contributed by atoms with Crippen LogP contribution in [-0.4, -0.2) is 13.1 Å². The van der Waals surface area contributed by atoms with E-state index in [9.17, 15) is 0 Å². The van der Waals surface area contributed by atoms with Crippen molar-refractivity contribution in [3.63, 3.8) is 0 Å². The molecule has 0 radical (unpaired) electrons. The van der Waals surface area contributed by atoms with Crippen molar-refractivity contribution < 1.29 is 0 Å². The monoisotopic (exact) mass is 191 g/mol. The first-order valence-electron chi connectivity index (χ1n) is 5.34. The van der Waals surface area contributed by atoms with Gasteiger partial charge in [0.15, 0.2) is 0 Å². The van der Waals surface area contributed by atoms with E-state index < -0.39 is 0 Å². The molecule has 0 saturated heterocycles. The predicted molar refractivity (Wildman–Crippen MR) is 62.7 cm³/mol. The van der Waals surface area contributed by atoms with Crippen LogP contribution in [0.25, 0.3) is 0 Å². The number of hydrogen-bond donors (Lipinski definition) is 1. The molecule has 14 heavy (non-hydrogen) atoms. The van der Waals surface area contributed by atoms with E-state index in [1.165, 1.54) is 11.1 Å². The highest BCUT2D eigenvalue weighted by molar-refractivity contribution is 5.28. The number of likely N-dealkylation sites (N-methyl/N-ethyl adjacent to an activating group) is 1. The lowest BCUT2D eigenvalue weighted by Gasteiger charge is -2.25. The summed E-state index contributed by atoms with van der Waals surface area (Å²) in [5.74, 6) is 0. The molecule has 0 amide bonds. The summed E-state index contributed by atoms with van der Waals surface area (Å²) in [7, 11) is 0. The van der Waals surface area contributed by atoms with E-state index in [0.717, 1.165) is 13.1 Å². The third kappa shape index (κ3) is 2.85. The highest BCUT2D eigenvalue weighted by Gasteiger charge is 2.19. The molecule has 0 spiro atoms. The second-order valence-electron chi connectivity index (χ2n) is 4.53. The molecule has 0 bridgehead atoms. The molecule has 1 rings (SSSR count). The average molecular weight is 191 g/mol. The first-order valence-corrected chi connectivity index (χ1v) is 5.34. The van der Waals surface area contributed by atoms with Crippen LogP contribution >= 0.6 is 0 Å². The maximum absolute atomic E-state index is 3.41. The molecular weight excluding hydrogens is 170 g/mol. The highest BCUT2D eigenvalue weighted by atomic mass is 14.9. The van der Waals surface area contributed by atoms with Crippen molar-refractivity contribution >= 4 is 0 Å². The third-order valence-corrected chi connectivity index (χ3v) is 2.62. The van der Waals surface area contributed by atoms with E-state index in [0.29, 0.717) is 0 Å². The summed E-state index contributed by atoms with van der Waals surface area (Å²) in [4.78, 5) is 0. The Kier molecular flexibility index (Phi) is 3.70. The molecule has 0 aliphatic rings. The molecule has 0 aromatic heterocycles. The van der Waals surface area contributed by atoms with Gasteiger partial charge in [-0.15, -0.1) is 0 Å². The van der Waals surface area contributed by atoms with Gasteiger partial charge in [0.2, 0.25) is 0 Å². The largest absolute Gasteiger partial charge is 0.316 e. The molecule has 1 nitrogen and oxygen atoms in total. The van der Waals surface area contributed by atoms with Crippen LogP contribution < -0.4 is 5.32 Å². The molecule has 1 N–H and O–H groups in total. The zero-order valence-electron chi connectivity index (χ0n) is 9.72. The van der Waals surface area contributed by atoms with Crippen LogP contribution in [0.3, 0.4) is 0 Å². The number of benzene rings is 1. The summed E-state index contributed by atoms with van der Waals surface area (Å²) in [5, 5.41) is 3.41. The fourth-order valence-electron chi connectivity index (χ4n) is 1.61. The minimum Gasteiger partial charge on any atom is -0.316 e. The van der Waals surface area contributed by atoms with Gasteiger partial charge in [-0.2, -0.15) is 0 Å². The molecule has 1 aromatic rings. The Morgan fingerprint density at radius 3 is 2.57 bits per heavy atom. The van der Waals surface area contributed by atoms with Crippen LogP contribution in [0.4, 0.5) is 0 Å². The van der Waals surface area contributed by atoms with E-state index in [-0.39, 0.29) is 5.41 Å². The van der Waals surface area contributed by atoms with Gasteiger partial charge < -0.3 is 5.32 Å². The quantitative estimate of drug-likeness (QED) is 0.771. The first kappa shape index (κ1) is 11.3. The maximum Gasteiger partial charge on any atom is 0.00430 e. The van der Waals surface area contributed by atoms with Crippen molar-refractivity contribution in [1.82, 2.24) is 5.32 Å². The molecule has 0 aliphatic heterocycles. The predicted octanol–water partition coefficient (Wildman–Crippen LogP) is 2.88. The van der Waals surface area contributed by atoms with E-state index in [1.54, 1.807) is 0 Å². The van der Waals surface area contributed by atoms with Crippen LogP contribution in [0.2, 0.25) is 0 Å². The van der Waals surface area contributed by atoms with Crippen LogP contribution in [0.15, 0.2) is 24.3 Å². The van der Waals surface area contributed by atoms with Crippen molar-refractivity contribution in [3.05, 3.63) is 35.4 Å². The Morgan fingerprint density at radius 1 is 1.29 bits per heavy atom. The van der Waals surface area contributed by atoms with Gasteiger partial charge >= 0.3 is 0 Å². The lowest BCUT2D eigenvalue weighted by atomic mass is 9.84. The fourth-order valence-corrected chi connectivity index (χ4v) is 1.61. The normalized spacial score (nSPS) is 11.7. The second kappa shape index (κ2) is 4.61. The summed E-state index contributed by atoms with van der Waals surface area (Å²) in [6.07, 6.45) is 0. The zero-order valence-corrected chi connectivity index (χ0v) is 9.72. The van der Waals surface area contributed by atoms with Crippen LogP contribution in [-0.2, 0) is 5.41 Å². The summed E-state index contributed by atoms with van der Waals surface area (Å²) >= 11 is 0. The van der Waals surface area contributed by atoms with Crippen molar-refractivity contribution in [2.24, 2.45) is 0 Å². The van der Waals surface area contributed by atoms with E-state index in [1.807, 2.05) is 0 Å². The van der Waals surface area contributed by atoms with E-state index in [4.69, 9.17) is 0 Å². The molecule has 0 atom stereocenters. The van der Waals surface area contributed by atoms with Crippen molar-refractivity contribution in [2.75, 3.05) is 13.1 Å². The number of nitrogens with one attached hydrogen (secondary N) is 1. The molecule has 0 unspecified atom stereocenters. The zero-order chi connectivity index (χ0) is 10.6. The van der Waals surface area contributed by atoms with Gasteiger partial charge in [-0.05, 0) is 19.0 Å². The third-order valence-electron chi connectivity index (χ3n) is 2.62. The Balaban J connectivity index is 2.80. The van der Waals surface area contributed by atoms with Gasteiger partial charge in [0.25, 0.3) is 0 Å². The SMILES string of the molecule is CCNCC(C)(C)c1cccc(C)c1. The number of rotatable bonds is 4. The Labute approximate surface area is 87.5 Å². The minimum atomic E-state index is 0.224. The lowest BCUT2D eigenvalue weighted by molar-refractivity contribution is 0.477. The maximum atomic E-state index is 3.41. The summed E-state index contributed by atoms with van der Waals surface area (Å²) in [6.45, 7) is 10.9. The molecular formula is C13H21N. The summed E-state index contributed by atoms with van der Waals surface area (Å²) < 4.78 is 0. The van der Waals surface area contributed by atoms with Crippen LogP contribution in [0, 0.1) is 6.92 Å². The van der Waals surface area contributed by atoms with Crippen molar-refractivity contribution in [3.8, 4) is 0 Å². The van der Waals surface area contributed by atoms with Crippen LogP contribution in [0.1, 0.15) is 31.9 Å². The molecule has 1 aromatic carbocycles. The Bertz CT molecular complexity index is 289. The molecule has 0 heterocycles. The topological polar surface area (TPSA) is 12.0 Å². The second-order valence-corrected chi connectivity index (χ2v) is 4.53. The number of hydrogen-bond acceptors (Lipinski definition) is 1. The van der Waals surface area contributed by atoms with Crippen molar-refractivity contribution in [1.29, 1.82) is 0 Å². The van der Waals surface area contributed by atoms with Crippen LogP contribution in [0.5, 0.6) is 0 Å². The molecule has 0 saturated carbocycles. The lowest BCUT2D eigenvalue weighted by Crippen LogP contribution is -2.32. The number of aryl methyl sites for hydroxylation is 1. The summed E-state index contributed by atoms with van der Waals surface area (Å²) in [6, 6.07) is 8.77. The fraction of sp³-hybridized carbons (Fsp3) is 0.538. The van der Waals surface area contributed by atoms with Gasteiger partial charge in [0, 0.05) is 12.0 Å². The van der Waals surface area contributed by atoms with Gasteiger partial charge in [0.1, 0.15) is 0 Å². The van der Waals surface area contributed by atoms with E-state index in [2.05, 4.69) is 57.3 Å². The minimum absolute atomic E-state index is 0.224. The Hall–Kier alpha value is -0.820. The van der Waals surface area contributed by atoms with Gasteiger partial charge in [0.05, 0.1) is 0 Å². The van der Waals surface area contributed by atoms with Gasteiger partial charge in [-0.3, -0.25) is 0 Å². The standard InChI is InChI=1S/C13H21N/c1-5-14-10-13(3,4)12-8-6-7-11(2)9-12/h6-9,14H,5,10H2,1-4H3. The van der Waals surface area contributed by atoms with Crippen molar-refractivity contribution in [2.45, 2.75) is 33.1 Å². The first-order chi connectivity index (χ1) is 6.56. The van der Waals surface area contributed by atoms with Gasteiger partial charge in [-0.1, -0.05) is 50.6 Å². The molecule has 78 valence electrons. The average Bonchev–Trinajstić information content (AvgIpc) is 2.15. The highest BCUT2D eigenvalue weighted by Crippen LogP contribution is 2.22. The molecule has 0 fully saturated rings.